The predicted molar refractivity (Wildman–Crippen MR) is 83.7 cm³/mol. The monoisotopic (exact) mass is 295 g/mol. The summed E-state index contributed by atoms with van der Waals surface area (Å²) in [6, 6.07) is 10.3. The van der Waals surface area contributed by atoms with Crippen molar-refractivity contribution < 1.29 is 8.42 Å². The zero-order valence-corrected chi connectivity index (χ0v) is 13.4. The van der Waals surface area contributed by atoms with Gasteiger partial charge in [0.1, 0.15) is 0 Å². The van der Waals surface area contributed by atoms with Crippen LogP contribution in [-0.4, -0.2) is 32.0 Å². The Morgan fingerprint density at radius 1 is 1.25 bits per heavy atom. The Kier molecular flexibility index (Phi) is 4.55. The largest absolute Gasteiger partial charge is 0.311 e. The molecular weight excluding hydrogens is 270 g/mol. The Balaban J connectivity index is 2.17. The smallest absolute Gasteiger partial charge is 0.150 e. The molecule has 2 atom stereocenters. The van der Waals surface area contributed by atoms with Crippen molar-refractivity contribution in [2.45, 2.75) is 38.6 Å². The van der Waals surface area contributed by atoms with Crippen molar-refractivity contribution in [3.8, 4) is 0 Å². The van der Waals surface area contributed by atoms with E-state index in [4.69, 9.17) is 0 Å². The Morgan fingerprint density at radius 3 is 2.40 bits per heavy atom. The van der Waals surface area contributed by atoms with Crippen molar-refractivity contribution in [2.24, 2.45) is 5.92 Å². The predicted octanol–water partition coefficient (Wildman–Crippen LogP) is 2.59. The molecule has 1 fully saturated rings. The lowest BCUT2D eigenvalue weighted by Gasteiger charge is -2.28. The van der Waals surface area contributed by atoms with Gasteiger partial charge in [0, 0.05) is 18.0 Å². The molecule has 1 N–H and O–H groups in total. The normalized spacial score (nSPS) is 23.6. The minimum Gasteiger partial charge on any atom is -0.311 e. The van der Waals surface area contributed by atoms with Crippen LogP contribution in [0.2, 0.25) is 0 Å². The maximum absolute atomic E-state index is 11.8. The summed E-state index contributed by atoms with van der Waals surface area (Å²) in [5.41, 5.74) is 1.29. The molecule has 0 radical (unpaired) electrons. The van der Waals surface area contributed by atoms with Crippen LogP contribution in [-0.2, 0) is 9.84 Å². The van der Waals surface area contributed by atoms with Gasteiger partial charge < -0.3 is 5.32 Å². The zero-order chi connectivity index (χ0) is 14.8. The van der Waals surface area contributed by atoms with Gasteiger partial charge in [0.15, 0.2) is 9.84 Å². The number of nitrogens with one attached hydrogen (secondary N) is 1. The van der Waals surface area contributed by atoms with Crippen molar-refractivity contribution in [3.05, 3.63) is 35.9 Å². The van der Waals surface area contributed by atoms with Gasteiger partial charge in [-0.2, -0.15) is 0 Å². The van der Waals surface area contributed by atoms with Crippen molar-refractivity contribution >= 4 is 9.84 Å². The molecule has 1 saturated heterocycles. The van der Waals surface area contributed by atoms with E-state index >= 15 is 0 Å². The molecule has 2 rings (SSSR count). The van der Waals surface area contributed by atoms with Crippen LogP contribution in [0.15, 0.2) is 30.3 Å². The fourth-order valence-electron chi connectivity index (χ4n) is 2.81. The fourth-order valence-corrected chi connectivity index (χ4v) is 4.69. The number of hydrogen-bond acceptors (Lipinski definition) is 3. The second kappa shape index (κ2) is 5.86. The molecule has 0 saturated carbocycles. The summed E-state index contributed by atoms with van der Waals surface area (Å²) in [7, 11) is -2.83. The third-order valence-corrected chi connectivity index (χ3v) is 5.71. The molecular formula is C16H25NO2S. The van der Waals surface area contributed by atoms with Crippen LogP contribution in [0, 0.1) is 5.92 Å². The lowest BCUT2D eigenvalue weighted by Crippen LogP contribution is -2.40. The Morgan fingerprint density at radius 2 is 1.90 bits per heavy atom. The van der Waals surface area contributed by atoms with Crippen LogP contribution in [0.1, 0.15) is 38.7 Å². The average molecular weight is 295 g/mol. The van der Waals surface area contributed by atoms with E-state index in [2.05, 4.69) is 38.2 Å². The molecule has 1 aromatic rings. The Labute approximate surface area is 122 Å². The Hall–Kier alpha value is -0.870. The van der Waals surface area contributed by atoms with Crippen LogP contribution in [0.4, 0.5) is 0 Å². The van der Waals surface area contributed by atoms with Gasteiger partial charge in [0.2, 0.25) is 0 Å². The molecule has 0 amide bonds. The molecule has 0 spiro atoms. The highest BCUT2D eigenvalue weighted by Gasteiger charge is 2.34. The van der Waals surface area contributed by atoms with Gasteiger partial charge in [-0.1, -0.05) is 30.3 Å². The van der Waals surface area contributed by atoms with E-state index in [1.54, 1.807) is 0 Å². The summed E-state index contributed by atoms with van der Waals surface area (Å²) in [5, 5.41) is 3.53. The van der Waals surface area contributed by atoms with E-state index in [0.29, 0.717) is 11.5 Å². The van der Waals surface area contributed by atoms with Gasteiger partial charge in [-0.3, -0.25) is 0 Å². The first-order chi connectivity index (χ1) is 9.27. The summed E-state index contributed by atoms with van der Waals surface area (Å²) in [5.74, 6) is 1.18. The van der Waals surface area contributed by atoms with Crippen LogP contribution in [0.25, 0.3) is 0 Å². The molecule has 4 heteroatoms. The fraction of sp³-hybridized carbons (Fsp3) is 0.625. The highest BCUT2D eigenvalue weighted by atomic mass is 32.2. The van der Waals surface area contributed by atoms with Gasteiger partial charge in [0.05, 0.1) is 11.5 Å². The minimum atomic E-state index is -2.83. The van der Waals surface area contributed by atoms with Crippen molar-refractivity contribution in [1.29, 1.82) is 0 Å². The van der Waals surface area contributed by atoms with Crippen molar-refractivity contribution in [3.63, 3.8) is 0 Å². The van der Waals surface area contributed by atoms with Gasteiger partial charge in [0.25, 0.3) is 0 Å². The van der Waals surface area contributed by atoms with E-state index in [-0.39, 0.29) is 17.4 Å². The first-order valence-electron chi connectivity index (χ1n) is 7.27. The molecule has 20 heavy (non-hydrogen) atoms. The summed E-state index contributed by atoms with van der Waals surface area (Å²) in [6.45, 7) is 7.25. The van der Waals surface area contributed by atoms with Crippen molar-refractivity contribution in [1.82, 2.24) is 5.32 Å². The molecule has 1 aliphatic rings. The molecule has 2 unspecified atom stereocenters. The van der Waals surface area contributed by atoms with E-state index in [1.165, 1.54) is 5.56 Å². The minimum absolute atomic E-state index is 0.0461. The van der Waals surface area contributed by atoms with Gasteiger partial charge in [-0.25, -0.2) is 8.42 Å². The Bertz CT molecular complexity index is 531. The summed E-state index contributed by atoms with van der Waals surface area (Å²) >= 11 is 0. The second-order valence-electron chi connectivity index (χ2n) is 6.81. The van der Waals surface area contributed by atoms with Gasteiger partial charge in [-0.05, 0) is 38.7 Å². The van der Waals surface area contributed by atoms with Crippen LogP contribution >= 0.6 is 0 Å². The van der Waals surface area contributed by atoms with Gasteiger partial charge in [-0.15, -0.1) is 0 Å². The van der Waals surface area contributed by atoms with E-state index < -0.39 is 9.84 Å². The first kappa shape index (κ1) is 15.5. The maximum atomic E-state index is 11.8. The van der Waals surface area contributed by atoms with E-state index in [0.717, 1.165) is 13.0 Å². The van der Waals surface area contributed by atoms with E-state index in [9.17, 15) is 8.42 Å². The summed E-state index contributed by atoms with van der Waals surface area (Å²) in [6.07, 6.45) is 0.785. The standard InChI is InChI=1S/C16H25NO2S/c1-16(2,3)17-11-15(13-7-5-4-6-8-13)14-9-10-20(18,19)12-14/h4-8,14-15,17H,9-12H2,1-3H3. The molecule has 1 aliphatic heterocycles. The third kappa shape index (κ3) is 4.32. The summed E-state index contributed by atoms with van der Waals surface area (Å²) < 4.78 is 23.5. The maximum Gasteiger partial charge on any atom is 0.150 e. The highest BCUT2D eigenvalue weighted by Crippen LogP contribution is 2.33. The first-order valence-corrected chi connectivity index (χ1v) is 9.09. The molecule has 0 aliphatic carbocycles. The van der Waals surface area contributed by atoms with E-state index in [1.807, 2.05) is 18.2 Å². The lowest BCUT2D eigenvalue weighted by molar-refractivity contribution is 0.363. The molecule has 1 heterocycles. The molecule has 1 aromatic carbocycles. The number of benzene rings is 1. The zero-order valence-electron chi connectivity index (χ0n) is 12.6. The molecule has 0 bridgehead atoms. The number of sulfone groups is 1. The number of hydrogen-bond donors (Lipinski definition) is 1. The van der Waals surface area contributed by atoms with Gasteiger partial charge >= 0.3 is 0 Å². The number of rotatable bonds is 4. The van der Waals surface area contributed by atoms with Crippen LogP contribution in [0.5, 0.6) is 0 Å². The lowest BCUT2D eigenvalue weighted by atomic mass is 9.85. The van der Waals surface area contributed by atoms with Crippen LogP contribution in [0.3, 0.4) is 0 Å². The molecule has 112 valence electrons. The van der Waals surface area contributed by atoms with Crippen molar-refractivity contribution in [2.75, 3.05) is 18.1 Å². The SMILES string of the molecule is CC(C)(C)NCC(c1ccccc1)C1CCS(=O)(=O)C1. The summed E-state index contributed by atoms with van der Waals surface area (Å²) in [4.78, 5) is 0. The second-order valence-corrected chi connectivity index (χ2v) is 9.04. The third-order valence-electron chi connectivity index (χ3n) is 3.92. The van der Waals surface area contributed by atoms with Crippen LogP contribution < -0.4 is 5.32 Å². The molecule has 3 nitrogen and oxygen atoms in total. The quantitative estimate of drug-likeness (QED) is 0.928. The molecule has 0 aromatic heterocycles. The average Bonchev–Trinajstić information content (AvgIpc) is 2.70. The topological polar surface area (TPSA) is 46.2 Å². The highest BCUT2D eigenvalue weighted by molar-refractivity contribution is 7.91.